The summed E-state index contributed by atoms with van der Waals surface area (Å²) in [4.78, 5) is 77.2. The van der Waals surface area contributed by atoms with E-state index in [0.29, 0.717) is 31.5 Å². The SMILES string of the molecule is C[N+](=CC1CCC(C(=O)N2CC[C@@H](C(=O)O)C2)CC1)c1cccc2c1C(=O)N(C1CCC(=O)NC1=O)C2=O. The Labute approximate surface area is 219 Å². The third-order valence-electron chi connectivity index (χ3n) is 8.23. The fourth-order valence-corrected chi connectivity index (χ4v) is 6.12. The number of amides is 5. The van der Waals surface area contributed by atoms with Gasteiger partial charge in [0.1, 0.15) is 24.9 Å². The zero-order valence-electron chi connectivity index (χ0n) is 21.2. The van der Waals surface area contributed by atoms with Gasteiger partial charge in [-0.25, -0.2) is 4.58 Å². The molecule has 2 saturated heterocycles. The number of piperidine rings is 1. The molecule has 0 radical (unpaired) electrons. The standard InChI is InChI=1S/C27H30N4O7/c1-29(13-15-5-7-16(8-6-15)24(34)30-12-11-17(14-30)27(37)38)19-4-2-3-18-22(19)26(36)31(25(18)35)20-9-10-21(32)28-23(20)33/h2-4,13,15-17,20H,5-12,14H2,1H3,(H-,28,32,33,37,38)/p+1/t15?,16?,17-,20?/m1/s1. The number of likely N-dealkylation sites (tertiary alicyclic amines) is 1. The first kappa shape index (κ1) is 25.7. The Morgan fingerprint density at radius 2 is 1.74 bits per heavy atom. The number of benzene rings is 1. The molecule has 1 saturated carbocycles. The fourth-order valence-electron chi connectivity index (χ4n) is 6.12. The van der Waals surface area contributed by atoms with Crippen LogP contribution in [0.2, 0.25) is 0 Å². The van der Waals surface area contributed by atoms with Gasteiger partial charge in [0.25, 0.3) is 11.8 Å². The lowest BCUT2D eigenvalue weighted by Gasteiger charge is -2.28. The molecular formula is C27H31N4O7+. The molecule has 0 aromatic heterocycles. The Morgan fingerprint density at radius 1 is 1.00 bits per heavy atom. The van der Waals surface area contributed by atoms with E-state index in [2.05, 4.69) is 5.32 Å². The van der Waals surface area contributed by atoms with Gasteiger partial charge in [0, 0.05) is 37.4 Å². The number of carboxylic acids is 1. The first-order valence-corrected chi connectivity index (χ1v) is 13.1. The van der Waals surface area contributed by atoms with Crippen molar-refractivity contribution in [3.8, 4) is 0 Å². The van der Waals surface area contributed by atoms with Gasteiger partial charge in [-0.1, -0.05) is 6.07 Å². The van der Waals surface area contributed by atoms with Crippen LogP contribution < -0.4 is 5.32 Å². The lowest BCUT2D eigenvalue weighted by molar-refractivity contribution is -0.402. The molecule has 200 valence electrons. The molecule has 2 N–H and O–H groups in total. The van der Waals surface area contributed by atoms with Crippen LogP contribution in [0, 0.1) is 17.8 Å². The van der Waals surface area contributed by atoms with Gasteiger partial charge in [0.2, 0.25) is 23.4 Å². The number of carboxylic acid groups (broad SMARTS) is 1. The molecule has 1 aromatic carbocycles. The maximum absolute atomic E-state index is 13.4. The van der Waals surface area contributed by atoms with Crippen molar-refractivity contribution >= 4 is 47.4 Å². The summed E-state index contributed by atoms with van der Waals surface area (Å²) in [6, 6.07) is 4.02. The van der Waals surface area contributed by atoms with E-state index >= 15 is 0 Å². The normalized spacial score (nSPS) is 28.0. The minimum atomic E-state index is -1.02. The van der Waals surface area contributed by atoms with Gasteiger partial charge < -0.3 is 10.0 Å². The largest absolute Gasteiger partial charge is 0.481 e. The quantitative estimate of drug-likeness (QED) is 0.335. The number of nitrogens with zero attached hydrogens (tertiary/aromatic N) is 3. The Morgan fingerprint density at radius 3 is 2.39 bits per heavy atom. The lowest BCUT2D eigenvalue weighted by Crippen LogP contribution is -2.54. The van der Waals surface area contributed by atoms with Crippen molar-refractivity contribution in [1.29, 1.82) is 0 Å². The third-order valence-corrected chi connectivity index (χ3v) is 8.23. The second kappa shape index (κ2) is 10.1. The van der Waals surface area contributed by atoms with E-state index in [1.54, 1.807) is 23.1 Å². The molecular weight excluding hydrogens is 492 g/mol. The van der Waals surface area contributed by atoms with Crippen LogP contribution in [-0.4, -0.2) is 87.4 Å². The van der Waals surface area contributed by atoms with Gasteiger partial charge in [-0.05, 0) is 44.6 Å². The molecule has 5 amide bonds. The number of nitrogens with one attached hydrogen (secondary N) is 1. The molecule has 3 heterocycles. The number of carbonyl (C=O) groups excluding carboxylic acids is 5. The van der Waals surface area contributed by atoms with E-state index in [1.165, 1.54) is 0 Å². The van der Waals surface area contributed by atoms with Crippen molar-refractivity contribution in [1.82, 2.24) is 15.1 Å². The van der Waals surface area contributed by atoms with E-state index in [0.717, 1.165) is 17.7 Å². The average Bonchev–Trinajstić information content (AvgIpc) is 3.49. The molecule has 11 nitrogen and oxygen atoms in total. The first-order valence-electron chi connectivity index (χ1n) is 13.1. The summed E-state index contributed by atoms with van der Waals surface area (Å²) < 4.78 is 1.84. The van der Waals surface area contributed by atoms with E-state index in [1.807, 2.05) is 17.8 Å². The van der Waals surface area contributed by atoms with Crippen LogP contribution in [0.15, 0.2) is 18.2 Å². The van der Waals surface area contributed by atoms with Gasteiger partial charge in [-0.15, -0.1) is 0 Å². The minimum absolute atomic E-state index is 0.0408. The lowest BCUT2D eigenvalue weighted by atomic mass is 9.82. The molecule has 2 atom stereocenters. The Balaban J connectivity index is 1.27. The number of imide groups is 2. The average molecular weight is 524 g/mol. The van der Waals surface area contributed by atoms with E-state index < -0.39 is 41.6 Å². The van der Waals surface area contributed by atoms with Crippen molar-refractivity contribution in [2.45, 2.75) is 51.0 Å². The summed E-state index contributed by atoms with van der Waals surface area (Å²) in [5, 5.41) is 11.4. The molecule has 38 heavy (non-hydrogen) atoms. The highest BCUT2D eigenvalue weighted by molar-refractivity contribution is 6.25. The monoisotopic (exact) mass is 523 g/mol. The number of hydrogen-bond donors (Lipinski definition) is 2. The maximum atomic E-state index is 13.4. The van der Waals surface area contributed by atoms with Gasteiger partial charge in [0.15, 0.2) is 0 Å². The number of fused-ring (bicyclic) bond motifs is 1. The highest BCUT2D eigenvalue weighted by atomic mass is 16.4. The van der Waals surface area contributed by atoms with Gasteiger partial charge in [0.05, 0.1) is 11.5 Å². The maximum Gasteiger partial charge on any atom is 0.308 e. The fraction of sp³-hybridized carbons (Fsp3) is 0.519. The molecule has 3 aliphatic heterocycles. The minimum Gasteiger partial charge on any atom is -0.481 e. The Hall–Kier alpha value is -3.89. The number of carbonyl (C=O) groups is 6. The van der Waals surface area contributed by atoms with Crippen molar-refractivity contribution in [3.05, 3.63) is 29.3 Å². The first-order chi connectivity index (χ1) is 18.2. The molecule has 1 aliphatic carbocycles. The van der Waals surface area contributed by atoms with Crippen LogP contribution >= 0.6 is 0 Å². The molecule has 1 aromatic rings. The van der Waals surface area contributed by atoms with E-state index in [9.17, 15) is 33.9 Å². The predicted molar refractivity (Wildman–Crippen MR) is 133 cm³/mol. The summed E-state index contributed by atoms with van der Waals surface area (Å²) in [5.41, 5.74) is 1.04. The van der Waals surface area contributed by atoms with Crippen molar-refractivity contribution in [2.75, 3.05) is 20.1 Å². The highest BCUT2D eigenvalue weighted by Crippen LogP contribution is 2.35. The zero-order chi connectivity index (χ0) is 27.1. The Bertz CT molecular complexity index is 1260. The van der Waals surface area contributed by atoms with Gasteiger partial charge in [-0.2, -0.15) is 0 Å². The van der Waals surface area contributed by atoms with E-state index in [-0.39, 0.29) is 48.3 Å². The van der Waals surface area contributed by atoms with Gasteiger partial charge in [-0.3, -0.25) is 39.0 Å². The summed E-state index contributed by atoms with van der Waals surface area (Å²) in [7, 11) is 1.82. The van der Waals surface area contributed by atoms with Crippen LogP contribution in [0.5, 0.6) is 0 Å². The second-order valence-electron chi connectivity index (χ2n) is 10.6. The topological polar surface area (TPSA) is 144 Å². The molecule has 1 unspecified atom stereocenters. The summed E-state index contributed by atoms with van der Waals surface area (Å²) in [5.74, 6) is -3.38. The number of rotatable bonds is 5. The molecule has 0 spiro atoms. The molecule has 4 aliphatic rings. The van der Waals surface area contributed by atoms with Crippen LogP contribution in [-0.2, 0) is 19.2 Å². The van der Waals surface area contributed by atoms with Crippen molar-refractivity contribution in [2.24, 2.45) is 17.8 Å². The van der Waals surface area contributed by atoms with Crippen LogP contribution in [0.1, 0.15) is 65.7 Å². The number of aliphatic carboxylic acids is 1. The van der Waals surface area contributed by atoms with Gasteiger partial charge >= 0.3 is 5.97 Å². The van der Waals surface area contributed by atoms with Crippen molar-refractivity contribution < 1.29 is 38.4 Å². The highest BCUT2D eigenvalue weighted by Gasteiger charge is 2.47. The summed E-state index contributed by atoms with van der Waals surface area (Å²) in [6.45, 7) is 0.775. The number of hydrogen-bond acceptors (Lipinski definition) is 6. The zero-order valence-corrected chi connectivity index (χ0v) is 21.2. The summed E-state index contributed by atoms with van der Waals surface area (Å²) in [6.07, 6.45) is 5.64. The van der Waals surface area contributed by atoms with Crippen LogP contribution in [0.25, 0.3) is 0 Å². The predicted octanol–water partition coefficient (Wildman–Crippen LogP) is 1.17. The molecule has 11 heteroatoms. The van der Waals surface area contributed by atoms with E-state index in [4.69, 9.17) is 0 Å². The Kier molecular flexibility index (Phi) is 6.85. The molecule has 5 rings (SSSR count). The van der Waals surface area contributed by atoms with Crippen molar-refractivity contribution in [3.63, 3.8) is 0 Å². The third kappa shape index (κ3) is 4.61. The second-order valence-corrected chi connectivity index (χ2v) is 10.6. The smallest absolute Gasteiger partial charge is 0.308 e. The summed E-state index contributed by atoms with van der Waals surface area (Å²) >= 11 is 0. The molecule has 3 fully saturated rings. The van der Waals surface area contributed by atoms with Crippen LogP contribution in [0.3, 0.4) is 0 Å². The molecule has 0 bridgehead atoms. The van der Waals surface area contributed by atoms with Crippen LogP contribution in [0.4, 0.5) is 5.69 Å².